The minimum atomic E-state index is -2.52. The first kappa shape index (κ1) is 10.6. The maximum Gasteiger partial charge on any atom is 0.293 e. The van der Waals surface area contributed by atoms with Crippen LogP contribution in [0.5, 0.6) is 0 Å². The Bertz CT molecular complexity index is 370. The van der Waals surface area contributed by atoms with Crippen molar-refractivity contribution in [1.82, 2.24) is 4.83 Å². The van der Waals surface area contributed by atoms with Crippen LogP contribution in [0.2, 0.25) is 0 Å². The molecule has 1 rings (SSSR count). The van der Waals surface area contributed by atoms with Crippen LogP contribution in [-0.4, -0.2) is 13.7 Å². The van der Waals surface area contributed by atoms with Crippen molar-refractivity contribution in [2.24, 2.45) is 0 Å². The second-order valence-electron chi connectivity index (χ2n) is 2.24. The monoisotopic (exact) mass is 216 g/mol. The molecule has 0 bridgehead atoms. The van der Waals surface area contributed by atoms with Gasteiger partial charge in [0, 0.05) is 17.3 Å². The molecule has 0 amide bonds. The summed E-state index contributed by atoms with van der Waals surface area (Å²) in [6.07, 6.45) is 0. The molecular weight excluding hydrogens is 210 g/mol. The lowest BCUT2D eigenvalue weighted by molar-refractivity contribution is -0.384. The minimum Gasteiger partial charge on any atom is -0.759 e. The molecule has 0 radical (unpaired) electrons. The first-order chi connectivity index (χ1) is 6.61. The highest BCUT2D eigenvalue weighted by Gasteiger charge is 2.10. The number of nitrogens with one attached hydrogen (secondary N) is 2. The maximum absolute atomic E-state index is 10.5. The molecule has 0 saturated heterocycles. The number of benzene rings is 1. The number of hydrogen-bond acceptors (Lipinski definition) is 5. The Balaban J connectivity index is 2.84. The maximum atomic E-state index is 10.5. The molecule has 1 aromatic rings. The van der Waals surface area contributed by atoms with Gasteiger partial charge in [0.25, 0.3) is 5.69 Å². The largest absolute Gasteiger partial charge is 0.759 e. The summed E-state index contributed by atoms with van der Waals surface area (Å²) < 4.78 is 20.2. The van der Waals surface area contributed by atoms with Gasteiger partial charge in [-0.1, -0.05) is 12.1 Å². The summed E-state index contributed by atoms with van der Waals surface area (Å²) in [7, 11) is 0. The van der Waals surface area contributed by atoms with Crippen molar-refractivity contribution >= 4 is 22.6 Å². The predicted molar refractivity (Wildman–Crippen MR) is 48.8 cm³/mol. The van der Waals surface area contributed by atoms with E-state index in [9.17, 15) is 18.9 Å². The standard InChI is InChI=1S/C6H7N3O4S/c10-9(11)6-4-2-1-3-5(6)7-8-14(12)13/h1-4,7-8H,(H,12,13)/p-1. The number of nitro benzene ring substituents is 1. The second-order valence-corrected chi connectivity index (χ2v) is 2.91. The summed E-state index contributed by atoms with van der Waals surface area (Å²) in [6.45, 7) is 0. The SMILES string of the molecule is O=[N+]([O-])c1ccccc1NNS(=O)[O-]. The molecule has 7 nitrogen and oxygen atoms in total. The Labute approximate surface area is 81.7 Å². The van der Waals surface area contributed by atoms with Crippen LogP contribution < -0.4 is 10.3 Å². The highest BCUT2D eigenvalue weighted by molar-refractivity contribution is 7.77. The van der Waals surface area contributed by atoms with E-state index in [0.717, 1.165) is 0 Å². The van der Waals surface area contributed by atoms with Crippen molar-refractivity contribution in [3.63, 3.8) is 0 Å². The van der Waals surface area contributed by atoms with Crippen LogP contribution >= 0.6 is 0 Å². The van der Waals surface area contributed by atoms with E-state index in [1.165, 1.54) is 18.2 Å². The second kappa shape index (κ2) is 4.65. The molecule has 14 heavy (non-hydrogen) atoms. The zero-order chi connectivity index (χ0) is 10.6. The molecular formula is C6H6N3O4S-. The van der Waals surface area contributed by atoms with Crippen molar-refractivity contribution in [3.05, 3.63) is 34.4 Å². The quantitative estimate of drug-likeness (QED) is 0.427. The lowest BCUT2D eigenvalue weighted by Crippen LogP contribution is -2.23. The number of hydrogen-bond donors (Lipinski definition) is 2. The lowest BCUT2D eigenvalue weighted by Gasteiger charge is -2.09. The molecule has 0 aliphatic rings. The Morgan fingerprint density at radius 1 is 1.36 bits per heavy atom. The van der Waals surface area contributed by atoms with Gasteiger partial charge in [-0.2, -0.15) is 4.83 Å². The van der Waals surface area contributed by atoms with Crippen molar-refractivity contribution in [2.45, 2.75) is 0 Å². The number of anilines is 1. The van der Waals surface area contributed by atoms with Crippen molar-refractivity contribution in [3.8, 4) is 0 Å². The highest BCUT2D eigenvalue weighted by Crippen LogP contribution is 2.21. The van der Waals surface area contributed by atoms with Crippen molar-refractivity contribution < 1.29 is 13.7 Å². The van der Waals surface area contributed by atoms with Gasteiger partial charge in [-0.15, -0.1) is 0 Å². The first-order valence-corrected chi connectivity index (χ1v) is 4.53. The zero-order valence-corrected chi connectivity index (χ0v) is 7.61. The first-order valence-electron chi connectivity index (χ1n) is 3.45. The fourth-order valence-electron chi connectivity index (χ4n) is 0.835. The van der Waals surface area contributed by atoms with E-state index in [0.29, 0.717) is 0 Å². The third kappa shape index (κ3) is 2.76. The van der Waals surface area contributed by atoms with E-state index in [2.05, 4.69) is 5.43 Å². The number of nitrogens with zero attached hydrogens (tertiary/aromatic N) is 1. The van der Waals surface area contributed by atoms with Gasteiger partial charge >= 0.3 is 0 Å². The number of hydrazine groups is 1. The topological polar surface area (TPSA) is 107 Å². The molecule has 0 spiro atoms. The molecule has 2 N–H and O–H groups in total. The fraction of sp³-hybridized carbons (Fsp3) is 0. The third-order valence-corrected chi connectivity index (χ3v) is 1.64. The normalized spacial score (nSPS) is 12.1. The van der Waals surface area contributed by atoms with E-state index in [-0.39, 0.29) is 11.4 Å². The number of para-hydroxylation sites is 2. The van der Waals surface area contributed by atoms with Gasteiger partial charge in [0.1, 0.15) is 5.69 Å². The summed E-state index contributed by atoms with van der Waals surface area (Å²) in [5.41, 5.74) is 2.07. The average molecular weight is 216 g/mol. The Morgan fingerprint density at radius 2 is 2.00 bits per heavy atom. The van der Waals surface area contributed by atoms with Gasteiger partial charge in [-0.25, -0.2) is 0 Å². The van der Waals surface area contributed by atoms with Crippen LogP contribution in [-0.2, 0) is 11.3 Å². The molecule has 8 heteroatoms. The molecule has 0 fully saturated rings. The Hall–Kier alpha value is -1.51. The van der Waals surface area contributed by atoms with Gasteiger partial charge < -0.3 is 9.98 Å². The summed E-state index contributed by atoms with van der Waals surface area (Å²) >= 11 is -2.52. The smallest absolute Gasteiger partial charge is 0.293 e. The molecule has 0 heterocycles. The van der Waals surface area contributed by atoms with E-state index >= 15 is 0 Å². The Morgan fingerprint density at radius 3 is 2.57 bits per heavy atom. The van der Waals surface area contributed by atoms with Crippen LogP contribution in [0.4, 0.5) is 11.4 Å². The predicted octanol–water partition coefficient (Wildman–Crippen LogP) is 0.305. The van der Waals surface area contributed by atoms with Gasteiger partial charge in [0.2, 0.25) is 0 Å². The minimum absolute atomic E-state index is 0.0849. The van der Waals surface area contributed by atoms with E-state index in [4.69, 9.17) is 0 Å². The summed E-state index contributed by atoms with van der Waals surface area (Å²) in [6, 6.07) is 5.68. The van der Waals surface area contributed by atoms with Gasteiger partial charge in [-0.05, 0) is 6.07 Å². The number of rotatable bonds is 4. The number of nitro groups is 1. The summed E-state index contributed by atoms with van der Waals surface area (Å²) in [5.74, 6) is 0. The van der Waals surface area contributed by atoms with Gasteiger partial charge in [0.05, 0.1) is 4.92 Å². The summed E-state index contributed by atoms with van der Waals surface area (Å²) in [4.78, 5) is 11.7. The summed E-state index contributed by atoms with van der Waals surface area (Å²) in [5, 5.41) is 10.5. The van der Waals surface area contributed by atoms with E-state index in [1.807, 2.05) is 4.83 Å². The van der Waals surface area contributed by atoms with Crippen molar-refractivity contribution in [2.75, 3.05) is 5.43 Å². The van der Waals surface area contributed by atoms with E-state index in [1.54, 1.807) is 6.07 Å². The fourth-order valence-corrected chi connectivity index (χ4v) is 1.03. The van der Waals surface area contributed by atoms with Crippen molar-refractivity contribution in [1.29, 1.82) is 0 Å². The van der Waals surface area contributed by atoms with Gasteiger partial charge in [0.15, 0.2) is 0 Å². The van der Waals surface area contributed by atoms with E-state index < -0.39 is 16.2 Å². The molecule has 1 atom stereocenters. The molecule has 1 aromatic carbocycles. The zero-order valence-electron chi connectivity index (χ0n) is 6.80. The third-order valence-electron chi connectivity index (χ3n) is 1.37. The van der Waals surface area contributed by atoms with Gasteiger partial charge in [-0.3, -0.25) is 14.3 Å². The molecule has 0 aliphatic carbocycles. The van der Waals surface area contributed by atoms with Crippen LogP contribution in [0, 0.1) is 10.1 Å². The molecule has 0 aromatic heterocycles. The average Bonchev–Trinajstić information content (AvgIpc) is 2.15. The lowest BCUT2D eigenvalue weighted by atomic mass is 10.3. The molecule has 1 unspecified atom stereocenters. The Kier molecular flexibility index (Phi) is 3.51. The molecule has 0 saturated carbocycles. The molecule has 0 aliphatic heterocycles. The van der Waals surface area contributed by atoms with Crippen LogP contribution in [0.15, 0.2) is 24.3 Å². The van der Waals surface area contributed by atoms with Crippen LogP contribution in [0.25, 0.3) is 0 Å². The highest BCUT2D eigenvalue weighted by atomic mass is 32.2. The van der Waals surface area contributed by atoms with Crippen LogP contribution in [0.3, 0.4) is 0 Å². The molecule has 76 valence electrons. The van der Waals surface area contributed by atoms with Crippen LogP contribution in [0.1, 0.15) is 0 Å².